The maximum Gasteiger partial charge on any atom is 0.407 e. The van der Waals surface area contributed by atoms with Crippen molar-refractivity contribution in [2.45, 2.75) is 37.3 Å². The third-order valence-corrected chi connectivity index (χ3v) is 6.60. The Bertz CT molecular complexity index is 1060. The number of carbonyl (C=O) groups is 3. The topological polar surface area (TPSA) is 114 Å². The Morgan fingerprint density at radius 1 is 1.11 bits per heavy atom. The van der Waals surface area contributed by atoms with Crippen molar-refractivity contribution in [3.8, 4) is 11.1 Å². The molecule has 1 aliphatic heterocycles. The fraction of sp³-hybridized carbons (Fsp3) is 0.370. The molecule has 35 heavy (non-hydrogen) atoms. The molecular formula is C27H30N2O6. The number of fused-ring (bicyclic) bond motifs is 3. The van der Waals surface area contributed by atoms with Crippen LogP contribution in [0, 0.1) is 5.92 Å². The van der Waals surface area contributed by atoms with Crippen molar-refractivity contribution in [2.75, 3.05) is 19.8 Å². The van der Waals surface area contributed by atoms with Gasteiger partial charge in [-0.15, -0.1) is 6.58 Å². The lowest BCUT2D eigenvalue weighted by molar-refractivity contribution is -0.144. The largest absolute Gasteiger partial charge is 0.480 e. The Morgan fingerprint density at radius 3 is 2.40 bits per heavy atom. The zero-order chi connectivity index (χ0) is 24.8. The molecule has 1 heterocycles. The molecule has 2 aliphatic rings. The summed E-state index contributed by atoms with van der Waals surface area (Å²) >= 11 is 0. The predicted octanol–water partition coefficient (Wildman–Crippen LogP) is 3.47. The summed E-state index contributed by atoms with van der Waals surface area (Å²) < 4.78 is 11.1. The Kier molecular flexibility index (Phi) is 7.82. The number of ether oxygens (including phenoxy) is 2. The second kappa shape index (κ2) is 11.2. The van der Waals surface area contributed by atoms with Crippen molar-refractivity contribution < 1.29 is 29.0 Å². The number of amides is 2. The smallest absolute Gasteiger partial charge is 0.407 e. The number of hydrogen-bond donors (Lipinski definition) is 3. The van der Waals surface area contributed by atoms with E-state index >= 15 is 0 Å². The first-order valence-electron chi connectivity index (χ1n) is 11.8. The van der Waals surface area contributed by atoms with Gasteiger partial charge < -0.3 is 25.2 Å². The van der Waals surface area contributed by atoms with E-state index < -0.39 is 30.1 Å². The first-order valence-corrected chi connectivity index (χ1v) is 11.8. The van der Waals surface area contributed by atoms with Crippen LogP contribution in [0.25, 0.3) is 11.1 Å². The second-order valence-corrected chi connectivity index (χ2v) is 8.81. The number of allylic oxidation sites excluding steroid dienone is 1. The van der Waals surface area contributed by atoms with Gasteiger partial charge in [0, 0.05) is 25.0 Å². The summed E-state index contributed by atoms with van der Waals surface area (Å²) in [6.07, 6.45) is 1.51. The number of rotatable bonds is 10. The summed E-state index contributed by atoms with van der Waals surface area (Å²) in [6.45, 7) is 4.34. The highest BCUT2D eigenvalue weighted by Gasteiger charge is 2.36. The third kappa shape index (κ3) is 5.54. The lowest BCUT2D eigenvalue weighted by atomic mass is 9.98. The van der Waals surface area contributed by atoms with E-state index in [2.05, 4.69) is 41.5 Å². The average Bonchev–Trinajstić information content (AvgIpc) is 3.46. The monoisotopic (exact) mass is 478 g/mol. The van der Waals surface area contributed by atoms with Crippen LogP contribution in [-0.2, 0) is 19.1 Å². The van der Waals surface area contributed by atoms with E-state index in [1.54, 1.807) is 6.08 Å². The third-order valence-electron chi connectivity index (χ3n) is 6.60. The van der Waals surface area contributed by atoms with E-state index in [1.165, 1.54) is 0 Å². The van der Waals surface area contributed by atoms with Gasteiger partial charge in [-0.3, -0.25) is 4.79 Å². The molecule has 0 radical (unpaired) electrons. The number of carbonyl (C=O) groups excluding carboxylic acids is 2. The van der Waals surface area contributed by atoms with Crippen LogP contribution >= 0.6 is 0 Å². The molecule has 1 fully saturated rings. The molecule has 3 N–H and O–H groups in total. The highest BCUT2D eigenvalue weighted by atomic mass is 16.5. The van der Waals surface area contributed by atoms with E-state index in [1.807, 2.05) is 24.3 Å². The standard InChI is InChI=1S/C27H30N2O6/c1-2-3-12-23(26(31)32)29-25(30)24-17(13-14-34-24)15-28-27(33)35-16-22-20-10-6-4-8-18(20)19-9-5-7-11-21(19)22/h2,4-11,17,22-24H,1,3,12-16H2,(H,28,33)(H,29,30)(H,31,32)/t17-,23?,24-/m1/s1. The molecule has 8 heteroatoms. The molecule has 2 amide bonds. The average molecular weight is 479 g/mol. The van der Waals surface area contributed by atoms with Crippen molar-refractivity contribution in [1.29, 1.82) is 0 Å². The predicted molar refractivity (Wildman–Crippen MR) is 130 cm³/mol. The number of carboxylic acids is 1. The van der Waals surface area contributed by atoms with Crippen LogP contribution in [0.3, 0.4) is 0 Å². The summed E-state index contributed by atoms with van der Waals surface area (Å²) in [7, 11) is 0. The summed E-state index contributed by atoms with van der Waals surface area (Å²) in [5.74, 6) is -1.90. The summed E-state index contributed by atoms with van der Waals surface area (Å²) in [6, 6.07) is 15.2. The minimum atomic E-state index is -1.11. The van der Waals surface area contributed by atoms with E-state index in [9.17, 15) is 19.5 Å². The number of alkyl carbamates (subject to hydrolysis) is 1. The molecule has 0 spiro atoms. The van der Waals surface area contributed by atoms with E-state index in [0.717, 1.165) is 22.3 Å². The number of hydrogen-bond acceptors (Lipinski definition) is 5. The first kappa shape index (κ1) is 24.5. The quantitative estimate of drug-likeness (QED) is 0.451. The summed E-state index contributed by atoms with van der Waals surface area (Å²) in [4.78, 5) is 36.5. The minimum absolute atomic E-state index is 0.0370. The normalized spacial score (nSPS) is 19.3. The van der Waals surface area contributed by atoms with Crippen molar-refractivity contribution >= 4 is 18.0 Å². The molecule has 184 valence electrons. The zero-order valence-corrected chi connectivity index (χ0v) is 19.4. The van der Waals surface area contributed by atoms with Gasteiger partial charge in [0.1, 0.15) is 18.8 Å². The van der Waals surface area contributed by atoms with Crippen LogP contribution < -0.4 is 10.6 Å². The van der Waals surface area contributed by atoms with Gasteiger partial charge in [-0.1, -0.05) is 54.6 Å². The van der Waals surface area contributed by atoms with Gasteiger partial charge in [-0.05, 0) is 41.5 Å². The van der Waals surface area contributed by atoms with Crippen molar-refractivity contribution in [3.63, 3.8) is 0 Å². The molecule has 1 unspecified atom stereocenters. The van der Waals surface area contributed by atoms with E-state index in [4.69, 9.17) is 9.47 Å². The molecule has 4 rings (SSSR count). The Labute approximate surface area is 204 Å². The van der Waals surface area contributed by atoms with E-state index in [0.29, 0.717) is 19.4 Å². The number of aliphatic carboxylic acids is 1. The van der Waals surface area contributed by atoms with Gasteiger partial charge in [-0.2, -0.15) is 0 Å². The molecule has 3 atom stereocenters. The van der Waals surface area contributed by atoms with Crippen LogP contribution in [0.4, 0.5) is 4.79 Å². The molecule has 0 saturated carbocycles. The van der Waals surface area contributed by atoms with Crippen LogP contribution in [0.1, 0.15) is 36.3 Å². The Balaban J connectivity index is 1.30. The van der Waals surface area contributed by atoms with Crippen molar-refractivity contribution in [1.82, 2.24) is 10.6 Å². The first-order chi connectivity index (χ1) is 17.0. The maximum atomic E-state index is 12.6. The van der Waals surface area contributed by atoms with Crippen LogP contribution in [0.5, 0.6) is 0 Å². The summed E-state index contributed by atoms with van der Waals surface area (Å²) in [5.41, 5.74) is 4.57. The fourth-order valence-electron chi connectivity index (χ4n) is 4.79. The van der Waals surface area contributed by atoms with Gasteiger partial charge >= 0.3 is 12.1 Å². The SMILES string of the molecule is C=CCCC(NC(=O)[C@@H]1OCC[C@@H]1CNC(=O)OCC1c2ccccc2-c2ccccc21)C(=O)O. The molecule has 2 aromatic carbocycles. The minimum Gasteiger partial charge on any atom is -0.480 e. The van der Waals surface area contributed by atoms with Crippen molar-refractivity contribution in [2.24, 2.45) is 5.92 Å². The van der Waals surface area contributed by atoms with E-state index in [-0.39, 0.29) is 31.4 Å². The molecule has 0 bridgehead atoms. The van der Waals surface area contributed by atoms with Gasteiger partial charge in [-0.25, -0.2) is 9.59 Å². The lowest BCUT2D eigenvalue weighted by Gasteiger charge is -2.21. The van der Waals surface area contributed by atoms with Gasteiger partial charge in [0.05, 0.1) is 0 Å². The molecule has 1 aliphatic carbocycles. The summed E-state index contributed by atoms with van der Waals surface area (Å²) in [5, 5.41) is 14.6. The molecular weight excluding hydrogens is 448 g/mol. The van der Waals surface area contributed by atoms with Gasteiger partial charge in [0.25, 0.3) is 0 Å². The highest BCUT2D eigenvalue weighted by molar-refractivity contribution is 5.86. The highest BCUT2D eigenvalue weighted by Crippen LogP contribution is 2.44. The van der Waals surface area contributed by atoms with Gasteiger partial charge in [0.2, 0.25) is 5.91 Å². The second-order valence-electron chi connectivity index (χ2n) is 8.81. The van der Waals surface area contributed by atoms with Crippen LogP contribution in [0.2, 0.25) is 0 Å². The van der Waals surface area contributed by atoms with Crippen LogP contribution in [0.15, 0.2) is 61.2 Å². The Hall–Kier alpha value is -3.65. The number of carboxylic acid groups (broad SMARTS) is 1. The molecule has 2 aromatic rings. The maximum absolute atomic E-state index is 12.6. The Morgan fingerprint density at radius 2 is 1.77 bits per heavy atom. The zero-order valence-electron chi connectivity index (χ0n) is 19.4. The van der Waals surface area contributed by atoms with Crippen LogP contribution in [-0.4, -0.2) is 55.0 Å². The molecule has 0 aromatic heterocycles. The number of nitrogens with one attached hydrogen (secondary N) is 2. The molecule has 8 nitrogen and oxygen atoms in total. The van der Waals surface area contributed by atoms with Gasteiger partial charge in [0.15, 0.2) is 0 Å². The lowest BCUT2D eigenvalue weighted by Crippen LogP contribution is -2.48. The fourth-order valence-corrected chi connectivity index (χ4v) is 4.79. The van der Waals surface area contributed by atoms with Crippen molar-refractivity contribution in [3.05, 3.63) is 72.3 Å². The molecule has 1 saturated heterocycles. The number of benzene rings is 2.